The van der Waals surface area contributed by atoms with Crippen molar-refractivity contribution in [2.45, 2.75) is 95.2 Å². The van der Waals surface area contributed by atoms with Gasteiger partial charge in [-0.25, -0.2) is 0 Å². The van der Waals surface area contributed by atoms with Crippen molar-refractivity contribution in [3.05, 3.63) is 0 Å². The van der Waals surface area contributed by atoms with Crippen LogP contribution >= 0.6 is 0 Å². The molecule has 1 spiro atoms. The molecule has 0 amide bonds. The number of nitrogens with zero attached hydrogens (tertiary/aromatic N) is 1. The van der Waals surface area contributed by atoms with Crippen LogP contribution in [0, 0.1) is 40.9 Å². The lowest BCUT2D eigenvalue weighted by Crippen LogP contribution is -2.78. The second-order valence-electron chi connectivity index (χ2n) is 13.2. The number of rotatable bonds is 1. The van der Waals surface area contributed by atoms with Gasteiger partial charge in [-0.05, 0) is 93.7 Å². The average molecular weight is 469 g/mol. The summed E-state index contributed by atoms with van der Waals surface area (Å²) in [7, 11) is 0. The normalized spacial score (nSPS) is 50.2. The number of piperidine rings is 4. The van der Waals surface area contributed by atoms with Gasteiger partial charge in [0.15, 0.2) is 0 Å². The van der Waals surface area contributed by atoms with E-state index < -0.39 is 0 Å². The lowest BCUT2D eigenvalue weighted by atomic mass is 9.37. The molecule has 4 saturated heterocycles. The maximum Gasteiger partial charge on any atom is 0.140 e. The van der Waals surface area contributed by atoms with Crippen molar-refractivity contribution < 1.29 is 4.79 Å². The molecule has 0 aromatic rings. The molecule has 7 fully saturated rings. The van der Waals surface area contributed by atoms with E-state index in [2.05, 4.69) is 20.9 Å². The Kier molecular flexibility index (Phi) is 6.08. The zero-order chi connectivity index (χ0) is 22.7. The van der Waals surface area contributed by atoms with Gasteiger partial charge in [-0.15, -0.1) is 0 Å². The second kappa shape index (κ2) is 9.11. The van der Waals surface area contributed by atoms with Crippen LogP contribution in [-0.2, 0) is 4.79 Å². The number of carbonyl (C=O) groups excluding carboxylic acids is 1. The summed E-state index contributed by atoms with van der Waals surface area (Å²) >= 11 is 0. The van der Waals surface area contributed by atoms with Crippen LogP contribution in [0.5, 0.6) is 0 Å². The molecule has 34 heavy (non-hydrogen) atoms. The van der Waals surface area contributed by atoms with E-state index in [4.69, 9.17) is 0 Å². The molecule has 4 aliphatic heterocycles. The van der Waals surface area contributed by atoms with E-state index in [1.54, 1.807) is 0 Å². The van der Waals surface area contributed by atoms with Crippen LogP contribution < -0.4 is 16.0 Å². The fourth-order valence-electron chi connectivity index (χ4n) is 11.4. The predicted octanol–water partition coefficient (Wildman–Crippen LogP) is 3.19. The molecule has 7 rings (SSSR count). The smallest absolute Gasteiger partial charge is 0.140 e. The molecule has 0 radical (unpaired) electrons. The van der Waals surface area contributed by atoms with Crippen molar-refractivity contribution in [2.24, 2.45) is 40.9 Å². The van der Waals surface area contributed by atoms with Gasteiger partial charge in [0.25, 0.3) is 0 Å². The van der Waals surface area contributed by atoms with E-state index in [0.717, 1.165) is 31.0 Å². The third-order valence-corrected chi connectivity index (χ3v) is 12.2. The van der Waals surface area contributed by atoms with Gasteiger partial charge in [-0.2, -0.15) is 0 Å². The first-order valence-electron chi connectivity index (χ1n) is 15.2. The Hall–Kier alpha value is -0.490. The molecular weight excluding hydrogens is 420 g/mol. The number of hydrogen-bond donors (Lipinski definition) is 3. The summed E-state index contributed by atoms with van der Waals surface area (Å²) in [5, 5.41) is 11.4. The van der Waals surface area contributed by atoms with Crippen molar-refractivity contribution in [2.75, 3.05) is 39.3 Å². The molecule has 8 unspecified atom stereocenters. The molecule has 0 bridgehead atoms. The summed E-state index contributed by atoms with van der Waals surface area (Å²) in [5.41, 5.74) is 0.399. The Bertz CT molecular complexity index is 713. The highest BCUT2D eigenvalue weighted by Crippen LogP contribution is 2.68. The Morgan fingerprint density at radius 2 is 1.15 bits per heavy atom. The molecular formula is C29H48N4O. The summed E-state index contributed by atoms with van der Waals surface area (Å²) < 4.78 is 0. The van der Waals surface area contributed by atoms with Crippen molar-refractivity contribution in [1.82, 2.24) is 20.9 Å². The minimum absolute atomic E-state index is 0.292. The summed E-state index contributed by atoms with van der Waals surface area (Å²) in [5.74, 6) is 4.21. The molecule has 5 heteroatoms. The first-order valence-corrected chi connectivity index (χ1v) is 15.2. The van der Waals surface area contributed by atoms with E-state index in [0.29, 0.717) is 47.0 Å². The highest BCUT2D eigenvalue weighted by Gasteiger charge is 2.69. The van der Waals surface area contributed by atoms with Gasteiger partial charge in [-0.3, -0.25) is 9.69 Å². The number of Topliss-reactive ketones (excluding diaryl/α,β-unsaturated/α-hetero) is 1. The van der Waals surface area contributed by atoms with Crippen LogP contribution in [0.1, 0.15) is 77.0 Å². The Morgan fingerprint density at radius 3 is 1.85 bits per heavy atom. The van der Waals surface area contributed by atoms with Crippen LogP contribution in [0.25, 0.3) is 0 Å². The molecule has 4 heterocycles. The summed E-state index contributed by atoms with van der Waals surface area (Å²) in [6.07, 6.45) is 16.2. The molecule has 0 aromatic carbocycles. The Morgan fingerprint density at radius 1 is 0.588 bits per heavy atom. The lowest BCUT2D eigenvalue weighted by Gasteiger charge is -2.72. The lowest BCUT2D eigenvalue weighted by molar-refractivity contribution is -0.232. The minimum Gasteiger partial charge on any atom is -0.316 e. The predicted molar refractivity (Wildman–Crippen MR) is 136 cm³/mol. The van der Waals surface area contributed by atoms with Crippen LogP contribution in [0.15, 0.2) is 0 Å². The minimum atomic E-state index is 0.292. The van der Waals surface area contributed by atoms with Gasteiger partial charge in [0.2, 0.25) is 0 Å². The fourth-order valence-corrected chi connectivity index (χ4v) is 11.4. The maximum absolute atomic E-state index is 14.0. The van der Waals surface area contributed by atoms with Crippen molar-refractivity contribution in [3.63, 3.8) is 0 Å². The average Bonchev–Trinajstić information content (AvgIpc) is 2.91. The Balaban J connectivity index is 1.38. The molecule has 8 atom stereocenters. The summed E-state index contributed by atoms with van der Waals surface area (Å²) in [4.78, 5) is 17.1. The van der Waals surface area contributed by atoms with E-state index in [1.807, 2.05) is 0 Å². The largest absolute Gasteiger partial charge is 0.316 e. The van der Waals surface area contributed by atoms with E-state index in [1.165, 1.54) is 103 Å². The van der Waals surface area contributed by atoms with Gasteiger partial charge in [0.05, 0.1) is 0 Å². The van der Waals surface area contributed by atoms with Crippen LogP contribution in [-0.4, -0.2) is 68.1 Å². The highest BCUT2D eigenvalue weighted by molar-refractivity contribution is 5.86. The van der Waals surface area contributed by atoms with Crippen molar-refractivity contribution in [1.29, 1.82) is 0 Å². The number of ketones is 1. The monoisotopic (exact) mass is 468 g/mol. The standard InChI is InChI=1S/C29H48N4O/c34-28-20-8-4-5-9-22(20)29(23-10-13-30-16-21(23)28)24-11-14-31-17-26(24)33(19-6-2-1-3-7-19)27-18-32-15-12-25(27)29/h19-27,30-32H,1-18H2. The maximum atomic E-state index is 14.0. The zero-order valence-corrected chi connectivity index (χ0v) is 21.3. The second-order valence-corrected chi connectivity index (χ2v) is 13.2. The summed E-state index contributed by atoms with van der Waals surface area (Å²) in [6, 6.07) is 2.16. The zero-order valence-electron chi connectivity index (χ0n) is 21.3. The number of hydrogen-bond acceptors (Lipinski definition) is 5. The first kappa shape index (κ1) is 22.7. The molecule has 3 aliphatic carbocycles. The quantitative estimate of drug-likeness (QED) is 0.552. The number of likely N-dealkylation sites (tertiary alicyclic amines) is 1. The molecule has 5 nitrogen and oxygen atoms in total. The molecule has 190 valence electrons. The number of carbonyl (C=O) groups is 1. The molecule has 0 aromatic heterocycles. The van der Waals surface area contributed by atoms with Gasteiger partial charge in [-0.1, -0.05) is 32.1 Å². The van der Waals surface area contributed by atoms with Crippen LogP contribution in [0.3, 0.4) is 0 Å². The third-order valence-electron chi connectivity index (χ3n) is 12.2. The SMILES string of the molecule is O=C1C2CCCCC2C2(C3CCNCC13)C1CCNCC1N(C1CCCCC1)C1CNCCC12. The van der Waals surface area contributed by atoms with Crippen LogP contribution in [0.4, 0.5) is 0 Å². The van der Waals surface area contributed by atoms with Gasteiger partial charge in [0, 0.05) is 49.6 Å². The molecule has 3 saturated carbocycles. The van der Waals surface area contributed by atoms with E-state index in [-0.39, 0.29) is 0 Å². The fraction of sp³-hybridized carbons (Fsp3) is 0.966. The molecule has 7 aliphatic rings. The van der Waals surface area contributed by atoms with Gasteiger partial charge >= 0.3 is 0 Å². The van der Waals surface area contributed by atoms with Gasteiger partial charge in [0.1, 0.15) is 5.78 Å². The van der Waals surface area contributed by atoms with Crippen molar-refractivity contribution >= 4 is 5.78 Å². The summed E-state index contributed by atoms with van der Waals surface area (Å²) in [6.45, 7) is 6.85. The van der Waals surface area contributed by atoms with Gasteiger partial charge < -0.3 is 16.0 Å². The van der Waals surface area contributed by atoms with E-state index in [9.17, 15) is 4.79 Å². The highest BCUT2D eigenvalue weighted by atomic mass is 16.1. The van der Waals surface area contributed by atoms with E-state index >= 15 is 0 Å². The third kappa shape index (κ3) is 3.22. The topological polar surface area (TPSA) is 56.4 Å². The Labute approximate surface area is 206 Å². The van der Waals surface area contributed by atoms with Crippen molar-refractivity contribution in [3.8, 4) is 0 Å². The number of nitrogens with one attached hydrogen (secondary N) is 3. The first-order chi connectivity index (χ1) is 16.8. The number of fused-ring (bicyclic) bond motifs is 8. The van der Waals surface area contributed by atoms with Crippen LogP contribution in [0.2, 0.25) is 0 Å². The molecule has 3 N–H and O–H groups in total.